The number of hydrogen-bond donors (Lipinski definition) is 2. The molecule has 0 saturated heterocycles. The fourth-order valence-corrected chi connectivity index (χ4v) is 2.83. The van der Waals surface area contributed by atoms with Crippen molar-refractivity contribution in [1.82, 2.24) is 9.55 Å². The summed E-state index contributed by atoms with van der Waals surface area (Å²) in [5.41, 5.74) is 5.65. The van der Waals surface area contributed by atoms with E-state index in [4.69, 9.17) is 17.3 Å². The third kappa shape index (κ3) is 4.35. The Hall–Kier alpha value is -2.54. The Morgan fingerprint density at radius 1 is 1.23 bits per heavy atom. The second-order valence-electron chi connectivity index (χ2n) is 5.94. The zero-order chi connectivity index (χ0) is 19.3. The zero-order valence-electron chi connectivity index (χ0n) is 14.9. The van der Waals surface area contributed by atoms with Crippen molar-refractivity contribution in [2.24, 2.45) is 0 Å². The first-order valence-electron chi connectivity index (χ1n) is 8.56. The fourth-order valence-electron chi connectivity index (χ4n) is 2.71. The van der Waals surface area contributed by atoms with E-state index in [0.717, 1.165) is 18.4 Å². The van der Waals surface area contributed by atoms with Crippen LogP contribution in [0.2, 0.25) is 5.02 Å². The molecule has 140 valence electrons. The molecule has 0 unspecified atom stereocenters. The van der Waals surface area contributed by atoms with E-state index < -0.39 is 11.2 Å². The van der Waals surface area contributed by atoms with Crippen molar-refractivity contribution in [3.8, 4) is 0 Å². The van der Waals surface area contributed by atoms with Gasteiger partial charge in [-0.1, -0.05) is 37.1 Å². The van der Waals surface area contributed by atoms with Gasteiger partial charge in [-0.05, 0) is 31.0 Å². The SMILES string of the molecule is CCCCn1c(N)c(N(CC)C(=O)Cc2ccc(Cl)cc2)c(=O)[nH]c1=O. The van der Waals surface area contributed by atoms with E-state index >= 15 is 0 Å². The van der Waals surface area contributed by atoms with Gasteiger partial charge in [0.05, 0.1) is 6.42 Å². The predicted octanol–water partition coefficient (Wildman–Crippen LogP) is 2.17. The standard InChI is InChI=1S/C18H23ClN4O3/c1-3-5-10-23-16(20)15(17(25)21-18(23)26)22(4-2)14(24)11-12-6-8-13(19)9-7-12/h6-9H,3-5,10-11,20H2,1-2H3,(H,21,25,26). The van der Waals surface area contributed by atoms with Crippen molar-refractivity contribution in [1.29, 1.82) is 0 Å². The topological polar surface area (TPSA) is 101 Å². The number of aromatic amines is 1. The summed E-state index contributed by atoms with van der Waals surface area (Å²) in [6.45, 7) is 4.38. The number of unbranched alkanes of at least 4 members (excludes halogenated alkanes) is 1. The molecule has 0 aliphatic rings. The molecule has 1 amide bonds. The molecule has 3 N–H and O–H groups in total. The Balaban J connectivity index is 2.39. The number of H-pyrrole nitrogens is 1. The number of carbonyl (C=O) groups excluding carboxylic acids is 1. The molecule has 0 saturated carbocycles. The van der Waals surface area contributed by atoms with Gasteiger partial charge in [0.2, 0.25) is 5.91 Å². The first-order valence-corrected chi connectivity index (χ1v) is 8.94. The number of benzene rings is 1. The minimum absolute atomic E-state index is 0.0125. The molecular formula is C18H23ClN4O3. The molecule has 1 heterocycles. The van der Waals surface area contributed by atoms with Gasteiger partial charge in [0.1, 0.15) is 5.82 Å². The third-order valence-electron chi connectivity index (χ3n) is 4.11. The molecule has 0 fully saturated rings. The van der Waals surface area contributed by atoms with Crippen LogP contribution in [0, 0.1) is 0 Å². The number of likely N-dealkylation sites (N-methyl/N-ethyl adjacent to an activating group) is 1. The Bertz CT molecular complexity index is 887. The highest BCUT2D eigenvalue weighted by molar-refractivity contribution is 6.30. The van der Waals surface area contributed by atoms with E-state index in [1.807, 2.05) is 6.92 Å². The van der Waals surface area contributed by atoms with Crippen molar-refractivity contribution in [3.05, 3.63) is 55.7 Å². The van der Waals surface area contributed by atoms with Crippen molar-refractivity contribution >= 4 is 29.0 Å². The molecule has 2 rings (SSSR count). The van der Waals surface area contributed by atoms with Gasteiger partial charge in [-0.25, -0.2) is 4.79 Å². The maximum atomic E-state index is 12.7. The maximum absolute atomic E-state index is 12.7. The van der Waals surface area contributed by atoms with Gasteiger partial charge in [-0.3, -0.25) is 19.1 Å². The van der Waals surface area contributed by atoms with Crippen molar-refractivity contribution < 1.29 is 4.79 Å². The van der Waals surface area contributed by atoms with Crippen LogP contribution in [0.1, 0.15) is 32.3 Å². The van der Waals surface area contributed by atoms with E-state index in [9.17, 15) is 14.4 Å². The highest BCUT2D eigenvalue weighted by Crippen LogP contribution is 2.19. The Morgan fingerprint density at radius 2 is 1.88 bits per heavy atom. The molecule has 0 spiro atoms. The largest absolute Gasteiger partial charge is 0.383 e. The highest BCUT2D eigenvalue weighted by Gasteiger charge is 2.23. The monoisotopic (exact) mass is 378 g/mol. The molecule has 1 aromatic heterocycles. The van der Waals surface area contributed by atoms with Crippen molar-refractivity contribution in [2.75, 3.05) is 17.2 Å². The number of nitrogens with zero attached hydrogens (tertiary/aromatic N) is 2. The molecule has 0 bridgehead atoms. The Kier molecular flexibility index (Phi) is 6.63. The molecule has 0 atom stereocenters. The number of nitrogen functional groups attached to an aromatic ring is 1. The molecule has 7 nitrogen and oxygen atoms in total. The van der Waals surface area contributed by atoms with Gasteiger partial charge in [-0.2, -0.15) is 0 Å². The van der Waals surface area contributed by atoms with Crippen LogP contribution in [0.3, 0.4) is 0 Å². The van der Waals surface area contributed by atoms with Crippen molar-refractivity contribution in [2.45, 2.75) is 39.7 Å². The van der Waals surface area contributed by atoms with Crippen LogP contribution in [0.5, 0.6) is 0 Å². The Labute approximate surface area is 156 Å². The number of aromatic nitrogens is 2. The van der Waals surface area contributed by atoms with Crippen LogP contribution < -0.4 is 21.9 Å². The van der Waals surface area contributed by atoms with Gasteiger partial charge < -0.3 is 10.6 Å². The van der Waals surface area contributed by atoms with Crippen LogP contribution in [0.25, 0.3) is 0 Å². The summed E-state index contributed by atoms with van der Waals surface area (Å²) in [4.78, 5) is 40.7. The number of amides is 1. The number of hydrogen-bond acceptors (Lipinski definition) is 4. The van der Waals surface area contributed by atoms with Crippen LogP contribution in [0.15, 0.2) is 33.9 Å². The highest BCUT2D eigenvalue weighted by atomic mass is 35.5. The summed E-state index contributed by atoms with van der Waals surface area (Å²) < 4.78 is 1.30. The van der Waals surface area contributed by atoms with Crippen LogP contribution in [-0.2, 0) is 17.8 Å². The van der Waals surface area contributed by atoms with Gasteiger partial charge in [0.25, 0.3) is 5.56 Å². The summed E-state index contributed by atoms with van der Waals surface area (Å²) in [5.74, 6) is -0.272. The quantitative estimate of drug-likeness (QED) is 0.770. The second-order valence-corrected chi connectivity index (χ2v) is 6.38. The minimum atomic E-state index is -0.661. The van der Waals surface area contributed by atoms with Gasteiger partial charge >= 0.3 is 5.69 Å². The summed E-state index contributed by atoms with van der Waals surface area (Å²) in [7, 11) is 0. The lowest BCUT2D eigenvalue weighted by Crippen LogP contribution is -2.41. The maximum Gasteiger partial charge on any atom is 0.330 e. The molecule has 2 aromatic rings. The smallest absolute Gasteiger partial charge is 0.330 e. The molecule has 1 aromatic carbocycles. The molecule has 0 radical (unpaired) electrons. The second kappa shape index (κ2) is 8.71. The fraction of sp³-hybridized carbons (Fsp3) is 0.389. The van der Waals surface area contributed by atoms with Crippen LogP contribution in [-0.4, -0.2) is 22.0 Å². The molecule has 8 heteroatoms. The van der Waals surface area contributed by atoms with E-state index in [-0.39, 0.29) is 30.4 Å². The first-order chi connectivity index (χ1) is 12.4. The zero-order valence-corrected chi connectivity index (χ0v) is 15.7. The summed E-state index contributed by atoms with van der Waals surface area (Å²) in [6, 6.07) is 6.91. The lowest BCUT2D eigenvalue weighted by Gasteiger charge is -2.23. The van der Waals surface area contributed by atoms with E-state index in [2.05, 4.69) is 4.98 Å². The molecule has 0 aliphatic carbocycles. The van der Waals surface area contributed by atoms with Crippen LogP contribution >= 0.6 is 11.6 Å². The normalized spacial score (nSPS) is 10.7. The molecular weight excluding hydrogens is 356 g/mol. The number of carbonyl (C=O) groups is 1. The van der Waals surface area contributed by atoms with E-state index in [1.54, 1.807) is 31.2 Å². The Morgan fingerprint density at radius 3 is 2.46 bits per heavy atom. The number of anilines is 2. The third-order valence-corrected chi connectivity index (χ3v) is 4.36. The minimum Gasteiger partial charge on any atom is -0.383 e. The van der Waals surface area contributed by atoms with Gasteiger partial charge in [-0.15, -0.1) is 0 Å². The lowest BCUT2D eigenvalue weighted by molar-refractivity contribution is -0.117. The molecule has 26 heavy (non-hydrogen) atoms. The summed E-state index contributed by atoms with van der Waals surface area (Å²) >= 11 is 5.86. The number of halogens is 1. The average Bonchev–Trinajstić information content (AvgIpc) is 2.60. The van der Waals surface area contributed by atoms with E-state index in [0.29, 0.717) is 11.6 Å². The first kappa shape index (κ1) is 19.8. The number of nitrogens with one attached hydrogen (secondary N) is 1. The average molecular weight is 379 g/mol. The van der Waals surface area contributed by atoms with E-state index in [1.165, 1.54) is 9.47 Å². The number of rotatable bonds is 7. The summed E-state index contributed by atoms with van der Waals surface area (Å²) in [5, 5.41) is 0.581. The van der Waals surface area contributed by atoms with Gasteiger partial charge in [0, 0.05) is 18.1 Å². The van der Waals surface area contributed by atoms with Gasteiger partial charge in [0.15, 0.2) is 5.69 Å². The predicted molar refractivity (Wildman–Crippen MR) is 104 cm³/mol. The molecule has 0 aliphatic heterocycles. The van der Waals surface area contributed by atoms with Crippen molar-refractivity contribution in [3.63, 3.8) is 0 Å². The number of nitrogens with two attached hydrogens (primary N) is 1. The lowest BCUT2D eigenvalue weighted by atomic mass is 10.1. The summed E-state index contributed by atoms with van der Waals surface area (Å²) in [6.07, 6.45) is 1.70. The van der Waals surface area contributed by atoms with Crippen LogP contribution in [0.4, 0.5) is 11.5 Å².